The molecule has 7 aromatic carbocycles. The minimum atomic E-state index is -0.228. The summed E-state index contributed by atoms with van der Waals surface area (Å²) < 4.78 is 0. The maximum absolute atomic E-state index is 2.67. The first-order chi connectivity index (χ1) is 27.7. The van der Waals surface area contributed by atoms with Crippen molar-refractivity contribution in [1.29, 1.82) is 0 Å². The Labute approximate surface area is 345 Å². The summed E-state index contributed by atoms with van der Waals surface area (Å²) in [7, 11) is 0. The second-order valence-corrected chi connectivity index (χ2v) is 20.1. The molecule has 0 saturated heterocycles. The molecular formula is C54H50B2N2. The number of para-hydroxylation sites is 2. The van der Waals surface area contributed by atoms with E-state index in [9.17, 15) is 0 Å². The minimum absolute atomic E-state index is 0.0358. The van der Waals surface area contributed by atoms with Gasteiger partial charge in [-0.05, 0) is 113 Å². The van der Waals surface area contributed by atoms with Gasteiger partial charge in [0.2, 0.25) is 13.4 Å². The van der Waals surface area contributed by atoms with Crippen LogP contribution in [0.5, 0.6) is 0 Å². The van der Waals surface area contributed by atoms with Crippen LogP contribution in [0.3, 0.4) is 0 Å². The number of rotatable bonds is 2. The van der Waals surface area contributed by atoms with Crippen LogP contribution in [0.2, 0.25) is 0 Å². The van der Waals surface area contributed by atoms with Crippen LogP contribution in [-0.2, 0) is 16.2 Å². The number of anilines is 6. The van der Waals surface area contributed by atoms with Gasteiger partial charge in [-0.2, -0.15) is 0 Å². The Bertz CT molecular complexity index is 2850. The van der Waals surface area contributed by atoms with Crippen molar-refractivity contribution >= 4 is 80.3 Å². The molecule has 0 unspecified atom stereocenters. The molecule has 7 aromatic rings. The van der Waals surface area contributed by atoms with Crippen LogP contribution in [0.15, 0.2) is 140 Å². The zero-order valence-electron chi connectivity index (χ0n) is 35.3. The molecule has 2 nitrogen and oxygen atoms in total. The van der Waals surface area contributed by atoms with Crippen molar-refractivity contribution in [3.8, 4) is 22.3 Å². The van der Waals surface area contributed by atoms with Gasteiger partial charge in [0.15, 0.2) is 0 Å². The fraction of sp³-hybridized carbons (Fsp3) is 0.222. The summed E-state index contributed by atoms with van der Waals surface area (Å²) in [5.41, 5.74) is 25.6. The molecule has 0 amide bonds. The van der Waals surface area contributed by atoms with Crippen molar-refractivity contribution in [2.75, 3.05) is 9.80 Å². The smallest absolute Gasteiger partial charge is 0.248 e. The number of hydrogen-bond acceptors (Lipinski definition) is 2. The third kappa shape index (κ3) is 4.75. The molecular weight excluding hydrogens is 698 g/mol. The lowest BCUT2D eigenvalue weighted by atomic mass is 9.31. The lowest BCUT2D eigenvalue weighted by molar-refractivity contribution is 0.584. The van der Waals surface area contributed by atoms with Crippen LogP contribution >= 0.6 is 0 Å². The number of benzene rings is 7. The first kappa shape index (κ1) is 35.4. The highest BCUT2D eigenvalue weighted by molar-refractivity contribution is 7.04. The van der Waals surface area contributed by atoms with Crippen LogP contribution < -0.4 is 42.6 Å². The molecule has 4 aliphatic heterocycles. The Morgan fingerprint density at radius 1 is 0.362 bits per heavy atom. The van der Waals surface area contributed by atoms with Crippen molar-refractivity contribution in [3.05, 3.63) is 156 Å². The lowest BCUT2D eigenvalue weighted by Gasteiger charge is -2.49. The highest BCUT2D eigenvalue weighted by Crippen LogP contribution is 2.52. The van der Waals surface area contributed by atoms with Gasteiger partial charge in [0.05, 0.1) is 0 Å². The van der Waals surface area contributed by atoms with Gasteiger partial charge in [0.25, 0.3) is 0 Å². The maximum atomic E-state index is 2.67. The first-order valence-corrected chi connectivity index (χ1v) is 21.2. The molecule has 0 bridgehead atoms. The van der Waals surface area contributed by atoms with Crippen molar-refractivity contribution in [2.45, 2.75) is 78.6 Å². The Morgan fingerprint density at radius 2 is 0.793 bits per heavy atom. The summed E-state index contributed by atoms with van der Waals surface area (Å²) in [6.45, 7) is 22.0. The van der Waals surface area contributed by atoms with E-state index in [1.807, 2.05) is 0 Å². The Kier molecular flexibility index (Phi) is 7.28. The minimum Gasteiger partial charge on any atom is -0.311 e. The summed E-state index contributed by atoms with van der Waals surface area (Å²) in [6, 6.07) is 53.2. The molecule has 4 heterocycles. The number of nitrogens with zero attached hydrogens (tertiary/aromatic N) is 2. The van der Waals surface area contributed by atoms with E-state index >= 15 is 0 Å². The van der Waals surface area contributed by atoms with Crippen molar-refractivity contribution < 1.29 is 0 Å². The van der Waals surface area contributed by atoms with Gasteiger partial charge in [-0.15, -0.1) is 0 Å². The van der Waals surface area contributed by atoms with E-state index in [-0.39, 0.29) is 29.7 Å². The van der Waals surface area contributed by atoms with Crippen molar-refractivity contribution in [2.24, 2.45) is 0 Å². The summed E-state index contributed by atoms with van der Waals surface area (Å²) >= 11 is 0. The van der Waals surface area contributed by atoms with E-state index in [4.69, 9.17) is 0 Å². The van der Waals surface area contributed by atoms with E-state index in [1.165, 1.54) is 106 Å². The van der Waals surface area contributed by atoms with E-state index < -0.39 is 0 Å². The van der Waals surface area contributed by atoms with Gasteiger partial charge >= 0.3 is 0 Å². The molecule has 0 fully saturated rings. The van der Waals surface area contributed by atoms with Crippen LogP contribution in [0.1, 0.15) is 79.0 Å². The predicted octanol–water partition coefficient (Wildman–Crippen LogP) is 10.1. The second-order valence-electron chi connectivity index (χ2n) is 20.1. The maximum Gasteiger partial charge on any atom is 0.248 e. The van der Waals surface area contributed by atoms with Crippen LogP contribution in [0, 0.1) is 0 Å². The topological polar surface area (TPSA) is 6.48 Å². The van der Waals surface area contributed by atoms with E-state index in [0.717, 1.165) is 0 Å². The second kappa shape index (κ2) is 11.9. The molecule has 4 aliphatic rings. The highest BCUT2D eigenvalue weighted by Gasteiger charge is 2.53. The molecule has 0 aromatic heterocycles. The normalized spacial score (nSPS) is 14.5. The largest absolute Gasteiger partial charge is 0.311 e. The van der Waals surface area contributed by atoms with Crippen LogP contribution in [0.25, 0.3) is 22.3 Å². The fourth-order valence-corrected chi connectivity index (χ4v) is 11.2. The Hall–Kier alpha value is -5.73. The molecule has 0 aliphatic carbocycles. The monoisotopic (exact) mass is 748 g/mol. The standard InChI is InChI=1S/C54H50B2N2/c1-52(2,3)33-30-31-41-39(32-33)38-26-19-29-43-47(38)56(41)49-45(54(7,8)9)50-48(44(53(4,5)6)51(49)58(43)35-22-14-11-15-23-35)55-40-27-17-16-24-36(40)37-25-18-28-42(46(37)55)57(50)34-20-12-10-13-21-34/h10-32H,1-9H3. The molecule has 0 spiro atoms. The number of hydrogen-bond donors (Lipinski definition) is 0. The SMILES string of the molecule is CC(C)(C)c1ccc2c(c1)-c1cccc3c1B2c1c(c(C(C)(C)C)c2c(c1C(C)(C)C)N(c1ccccc1)c1cccc4c1B2c1ccccc1-4)N3c1ccccc1. The zero-order valence-corrected chi connectivity index (χ0v) is 35.3. The molecule has 4 heteroatoms. The highest BCUT2D eigenvalue weighted by atomic mass is 15.2. The van der Waals surface area contributed by atoms with Gasteiger partial charge in [0.1, 0.15) is 0 Å². The van der Waals surface area contributed by atoms with Gasteiger partial charge in [-0.25, -0.2) is 0 Å². The van der Waals surface area contributed by atoms with Gasteiger partial charge in [0, 0.05) is 34.1 Å². The van der Waals surface area contributed by atoms with Crippen molar-refractivity contribution in [3.63, 3.8) is 0 Å². The zero-order chi connectivity index (χ0) is 40.0. The average molecular weight is 749 g/mol. The van der Waals surface area contributed by atoms with Crippen molar-refractivity contribution in [1.82, 2.24) is 0 Å². The lowest BCUT2D eigenvalue weighted by Crippen LogP contribution is -2.63. The summed E-state index contributed by atoms with van der Waals surface area (Å²) in [5.74, 6) is 0. The Balaban J connectivity index is 1.39. The molecule has 11 rings (SSSR count). The summed E-state index contributed by atoms with van der Waals surface area (Å²) in [4.78, 5) is 5.34. The molecule has 0 N–H and O–H groups in total. The average Bonchev–Trinajstić information content (AvgIpc) is 3.71. The molecule has 282 valence electrons. The van der Waals surface area contributed by atoms with Crippen LogP contribution in [-0.4, -0.2) is 13.4 Å². The third-order valence-electron chi connectivity index (χ3n) is 13.4. The molecule has 0 radical (unpaired) electrons. The van der Waals surface area contributed by atoms with E-state index in [0.29, 0.717) is 0 Å². The Morgan fingerprint density at radius 3 is 1.28 bits per heavy atom. The van der Waals surface area contributed by atoms with E-state index in [2.05, 4.69) is 212 Å². The fourth-order valence-electron chi connectivity index (χ4n) is 11.2. The first-order valence-electron chi connectivity index (χ1n) is 21.2. The molecule has 0 atom stereocenters. The van der Waals surface area contributed by atoms with Gasteiger partial charge < -0.3 is 9.80 Å². The molecule has 58 heavy (non-hydrogen) atoms. The van der Waals surface area contributed by atoms with E-state index in [1.54, 1.807) is 0 Å². The van der Waals surface area contributed by atoms with Gasteiger partial charge in [-0.3, -0.25) is 0 Å². The predicted molar refractivity (Wildman–Crippen MR) is 252 cm³/mol. The third-order valence-corrected chi connectivity index (χ3v) is 13.4. The summed E-state index contributed by atoms with van der Waals surface area (Å²) in [5, 5.41) is 0. The molecule has 0 saturated carbocycles. The summed E-state index contributed by atoms with van der Waals surface area (Å²) in [6.07, 6.45) is 0. The quantitative estimate of drug-likeness (QED) is 0.163. The van der Waals surface area contributed by atoms with Gasteiger partial charge in [-0.1, -0.05) is 176 Å². The number of fused-ring (bicyclic) bond motifs is 10. The van der Waals surface area contributed by atoms with Crippen LogP contribution in [0.4, 0.5) is 34.1 Å².